The normalized spacial score (nSPS) is 11.1. The van der Waals surface area contributed by atoms with Crippen molar-refractivity contribution in [2.75, 3.05) is 0 Å². The first-order valence-electron chi connectivity index (χ1n) is 7.06. The zero-order chi connectivity index (χ0) is 17.1. The average molecular weight is 361 g/mol. The van der Waals surface area contributed by atoms with Gasteiger partial charge >= 0.3 is 0 Å². The van der Waals surface area contributed by atoms with Crippen molar-refractivity contribution in [3.63, 3.8) is 0 Å². The fraction of sp³-hybridized carbons (Fsp3) is 0. The van der Waals surface area contributed by atoms with Crippen molar-refractivity contribution in [3.05, 3.63) is 87.9 Å². The third kappa shape index (κ3) is 3.75. The SMILES string of the molecule is O=C(/C=C/c1ccc(-c2cc(Cl)ccc2Cl)o1)c1ccc(F)cc1. The van der Waals surface area contributed by atoms with Gasteiger partial charge in [-0.25, -0.2) is 4.39 Å². The van der Waals surface area contributed by atoms with Gasteiger partial charge in [0, 0.05) is 16.1 Å². The van der Waals surface area contributed by atoms with Crippen LogP contribution in [0.25, 0.3) is 17.4 Å². The van der Waals surface area contributed by atoms with Gasteiger partial charge in [-0.15, -0.1) is 0 Å². The third-order valence-corrected chi connectivity index (χ3v) is 3.91. The Labute approximate surface area is 148 Å². The van der Waals surface area contributed by atoms with Crippen LogP contribution in [0.4, 0.5) is 4.39 Å². The number of halogens is 3. The van der Waals surface area contributed by atoms with Crippen molar-refractivity contribution in [2.24, 2.45) is 0 Å². The molecule has 0 amide bonds. The Morgan fingerprint density at radius 1 is 1.00 bits per heavy atom. The maximum atomic E-state index is 12.9. The second-order valence-corrected chi connectivity index (χ2v) is 5.87. The Morgan fingerprint density at radius 2 is 1.75 bits per heavy atom. The van der Waals surface area contributed by atoms with E-state index in [4.69, 9.17) is 27.6 Å². The number of hydrogen-bond donors (Lipinski definition) is 0. The van der Waals surface area contributed by atoms with Gasteiger partial charge in [0.1, 0.15) is 17.3 Å². The molecule has 0 aliphatic heterocycles. The monoisotopic (exact) mass is 360 g/mol. The number of carbonyl (C=O) groups is 1. The minimum atomic E-state index is -0.385. The van der Waals surface area contributed by atoms with Crippen molar-refractivity contribution in [3.8, 4) is 11.3 Å². The number of ketones is 1. The molecule has 2 aromatic carbocycles. The van der Waals surface area contributed by atoms with E-state index >= 15 is 0 Å². The molecule has 0 bridgehead atoms. The number of allylic oxidation sites excluding steroid dienone is 1. The molecule has 0 saturated heterocycles. The zero-order valence-corrected chi connectivity index (χ0v) is 13.8. The first-order chi connectivity index (χ1) is 11.5. The van der Waals surface area contributed by atoms with Crippen molar-refractivity contribution in [2.45, 2.75) is 0 Å². The maximum absolute atomic E-state index is 12.9. The van der Waals surface area contributed by atoms with E-state index in [0.29, 0.717) is 32.7 Å². The van der Waals surface area contributed by atoms with Gasteiger partial charge < -0.3 is 4.42 Å². The highest BCUT2D eigenvalue weighted by Crippen LogP contribution is 2.32. The molecule has 2 nitrogen and oxygen atoms in total. The molecule has 3 aromatic rings. The fourth-order valence-electron chi connectivity index (χ4n) is 2.14. The van der Waals surface area contributed by atoms with E-state index in [-0.39, 0.29) is 11.6 Å². The van der Waals surface area contributed by atoms with Crippen LogP contribution in [0.2, 0.25) is 10.0 Å². The van der Waals surface area contributed by atoms with Crippen LogP contribution in [0, 0.1) is 5.82 Å². The summed E-state index contributed by atoms with van der Waals surface area (Å²) in [5.74, 6) is 0.422. The summed E-state index contributed by atoms with van der Waals surface area (Å²) in [6, 6.07) is 13.9. The van der Waals surface area contributed by atoms with E-state index in [9.17, 15) is 9.18 Å². The quantitative estimate of drug-likeness (QED) is 0.404. The molecule has 1 heterocycles. The van der Waals surface area contributed by atoms with Gasteiger partial charge in [0.05, 0.1) is 5.02 Å². The summed E-state index contributed by atoms with van der Waals surface area (Å²) >= 11 is 12.1. The molecular weight excluding hydrogens is 350 g/mol. The molecule has 0 N–H and O–H groups in total. The van der Waals surface area contributed by atoms with E-state index in [0.717, 1.165) is 0 Å². The summed E-state index contributed by atoms with van der Waals surface area (Å²) in [7, 11) is 0. The summed E-state index contributed by atoms with van der Waals surface area (Å²) in [6.45, 7) is 0. The molecule has 1 aromatic heterocycles. The van der Waals surface area contributed by atoms with Crippen LogP contribution in [0.5, 0.6) is 0 Å². The summed E-state index contributed by atoms with van der Waals surface area (Å²) < 4.78 is 18.5. The van der Waals surface area contributed by atoms with Crippen LogP contribution in [0.1, 0.15) is 16.1 Å². The Balaban J connectivity index is 1.79. The first-order valence-corrected chi connectivity index (χ1v) is 7.82. The molecule has 0 radical (unpaired) electrons. The number of carbonyl (C=O) groups excluding carboxylic acids is 1. The lowest BCUT2D eigenvalue weighted by atomic mass is 10.1. The maximum Gasteiger partial charge on any atom is 0.185 e. The van der Waals surface area contributed by atoms with Gasteiger partial charge in [-0.1, -0.05) is 23.2 Å². The molecule has 0 unspecified atom stereocenters. The first kappa shape index (κ1) is 16.5. The zero-order valence-electron chi connectivity index (χ0n) is 12.3. The van der Waals surface area contributed by atoms with Crippen molar-refractivity contribution in [1.29, 1.82) is 0 Å². The Kier molecular flexibility index (Phi) is 4.84. The Morgan fingerprint density at radius 3 is 2.50 bits per heavy atom. The molecule has 120 valence electrons. The van der Waals surface area contributed by atoms with Gasteiger partial charge in [0.2, 0.25) is 0 Å². The van der Waals surface area contributed by atoms with Crippen molar-refractivity contribution < 1.29 is 13.6 Å². The van der Waals surface area contributed by atoms with Crippen molar-refractivity contribution in [1.82, 2.24) is 0 Å². The van der Waals surface area contributed by atoms with Crippen molar-refractivity contribution >= 4 is 35.1 Å². The highest BCUT2D eigenvalue weighted by atomic mass is 35.5. The lowest BCUT2D eigenvalue weighted by Gasteiger charge is -2.01. The predicted molar refractivity (Wildman–Crippen MR) is 93.9 cm³/mol. The highest BCUT2D eigenvalue weighted by molar-refractivity contribution is 6.35. The molecule has 24 heavy (non-hydrogen) atoms. The smallest absolute Gasteiger partial charge is 0.185 e. The molecule has 0 spiro atoms. The lowest BCUT2D eigenvalue weighted by Crippen LogP contribution is -1.93. The van der Waals surface area contributed by atoms with Crippen LogP contribution < -0.4 is 0 Å². The molecule has 0 atom stereocenters. The molecule has 5 heteroatoms. The fourth-order valence-corrected chi connectivity index (χ4v) is 2.52. The minimum absolute atomic E-state index is 0.242. The molecule has 0 saturated carbocycles. The standard InChI is InChI=1S/C19H11Cl2FO2/c20-13-3-8-17(21)16(11-13)19-10-7-15(24-19)6-9-18(23)12-1-4-14(22)5-2-12/h1-11H/b9-6+. The number of rotatable bonds is 4. The topological polar surface area (TPSA) is 30.2 Å². The highest BCUT2D eigenvalue weighted by Gasteiger charge is 2.09. The van der Waals surface area contributed by atoms with Gasteiger partial charge in [0.15, 0.2) is 5.78 Å². The van der Waals surface area contributed by atoms with Crippen LogP contribution in [-0.2, 0) is 0 Å². The summed E-state index contributed by atoms with van der Waals surface area (Å²) in [6.07, 6.45) is 2.92. The molecule has 0 aliphatic carbocycles. The van der Waals surface area contributed by atoms with Gasteiger partial charge in [0.25, 0.3) is 0 Å². The number of furan rings is 1. The van der Waals surface area contributed by atoms with Gasteiger partial charge in [-0.3, -0.25) is 4.79 Å². The van der Waals surface area contributed by atoms with Crippen LogP contribution in [0.15, 0.2) is 65.1 Å². The van der Waals surface area contributed by atoms with Gasteiger partial charge in [-0.05, 0) is 66.7 Å². The van der Waals surface area contributed by atoms with E-state index in [1.807, 2.05) is 0 Å². The largest absolute Gasteiger partial charge is 0.457 e. The molecule has 0 fully saturated rings. The Hall–Kier alpha value is -2.36. The summed E-state index contributed by atoms with van der Waals surface area (Å²) in [4.78, 5) is 12.0. The summed E-state index contributed by atoms with van der Waals surface area (Å²) in [5.41, 5.74) is 1.07. The van der Waals surface area contributed by atoms with Crippen LogP contribution in [-0.4, -0.2) is 5.78 Å². The second kappa shape index (κ2) is 7.04. The minimum Gasteiger partial charge on any atom is -0.457 e. The molecule has 3 rings (SSSR count). The van der Waals surface area contributed by atoms with E-state index in [2.05, 4.69) is 0 Å². The Bertz CT molecular complexity index is 911. The second-order valence-electron chi connectivity index (χ2n) is 5.03. The number of hydrogen-bond acceptors (Lipinski definition) is 2. The molecule has 0 aliphatic rings. The summed E-state index contributed by atoms with van der Waals surface area (Å²) in [5, 5.41) is 1.07. The van der Waals surface area contributed by atoms with Crippen LogP contribution >= 0.6 is 23.2 Å². The van der Waals surface area contributed by atoms with Crippen LogP contribution in [0.3, 0.4) is 0 Å². The number of benzene rings is 2. The van der Waals surface area contributed by atoms with E-state index in [1.54, 1.807) is 36.4 Å². The third-order valence-electron chi connectivity index (χ3n) is 3.35. The predicted octanol–water partition coefficient (Wildman–Crippen LogP) is 6.29. The average Bonchev–Trinajstić information content (AvgIpc) is 3.04. The van der Waals surface area contributed by atoms with Gasteiger partial charge in [-0.2, -0.15) is 0 Å². The lowest BCUT2D eigenvalue weighted by molar-refractivity contribution is 0.104. The molecular formula is C19H11Cl2FO2. The van der Waals surface area contributed by atoms with E-state index in [1.165, 1.54) is 30.3 Å². The van der Waals surface area contributed by atoms with E-state index < -0.39 is 0 Å².